The van der Waals surface area contributed by atoms with Gasteiger partial charge in [-0.1, -0.05) is 39.0 Å². The molecule has 1 heterocycles. The quantitative estimate of drug-likeness (QED) is 0.390. The van der Waals surface area contributed by atoms with Crippen molar-refractivity contribution in [1.29, 1.82) is 0 Å². The molecule has 1 amide bonds. The van der Waals surface area contributed by atoms with Crippen LogP contribution in [-0.4, -0.2) is 49.4 Å². The first-order valence-electron chi connectivity index (χ1n) is 14.0. The molecule has 220 valence electrons. The highest BCUT2D eigenvalue weighted by molar-refractivity contribution is 7.91. The standard InChI is InChI=1S/C30H39F3N2O4S/c1-4-40(38,39)25-12-7-21(8-13-25)27(18-36)34-29(37)22-9-14-26-23(15-22)17-35(28(26)19(2)3)16-20-5-10-24(11-6-20)30(31,32)33/h7-9,12-15,19-20,24,27-28,36H,4-6,10-11,16-18H2,1-3H3,(H,34,37)/t20-,24-,27-,28?/m1/s1. The summed E-state index contributed by atoms with van der Waals surface area (Å²) in [4.78, 5) is 15.7. The summed E-state index contributed by atoms with van der Waals surface area (Å²) in [5.74, 6) is -1.03. The van der Waals surface area contributed by atoms with Crippen LogP contribution in [0, 0.1) is 17.8 Å². The molecule has 4 rings (SSSR count). The normalized spacial score (nSPS) is 22.8. The van der Waals surface area contributed by atoms with Gasteiger partial charge in [-0.25, -0.2) is 8.42 Å². The number of hydrogen-bond donors (Lipinski definition) is 2. The van der Waals surface area contributed by atoms with E-state index >= 15 is 0 Å². The minimum absolute atomic E-state index is 0.0148. The summed E-state index contributed by atoms with van der Waals surface area (Å²) in [6, 6.07) is 11.2. The number of nitrogens with one attached hydrogen (secondary N) is 1. The number of aliphatic hydroxyl groups excluding tert-OH is 1. The summed E-state index contributed by atoms with van der Waals surface area (Å²) in [6.07, 6.45) is -2.59. The highest BCUT2D eigenvalue weighted by Crippen LogP contribution is 2.43. The Morgan fingerprint density at radius 3 is 2.27 bits per heavy atom. The monoisotopic (exact) mass is 580 g/mol. The van der Waals surface area contributed by atoms with Crippen LogP contribution in [0.5, 0.6) is 0 Å². The third kappa shape index (κ3) is 6.71. The molecule has 0 saturated heterocycles. The van der Waals surface area contributed by atoms with Crippen LogP contribution in [0.15, 0.2) is 47.4 Å². The van der Waals surface area contributed by atoms with E-state index < -0.39 is 28.0 Å². The Morgan fingerprint density at radius 1 is 1.07 bits per heavy atom. The van der Waals surface area contributed by atoms with E-state index in [9.17, 15) is 31.5 Å². The Hall–Kier alpha value is -2.43. The van der Waals surface area contributed by atoms with Gasteiger partial charge in [0.1, 0.15) is 0 Å². The van der Waals surface area contributed by atoms with Crippen LogP contribution in [-0.2, 0) is 16.4 Å². The van der Waals surface area contributed by atoms with Gasteiger partial charge >= 0.3 is 6.18 Å². The van der Waals surface area contributed by atoms with E-state index in [2.05, 4.69) is 24.1 Å². The lowest BCUT2D eigenvalue weighted by Crippen LogP contribution is -2.34. The lowest BCUT2D eigenvalue weighted by molar-refractivity contribution is -0.184. The van der Waals surface area contributed by atoms with Crippen molar-refractivity contribution in [3.8, 4) is 0 Å². The van der Waals surface area contributed by atoms with Gasteiger partial charge in [-0.05, 0) is 78.5 Å². The molecule has 0 spiro atoms. The molecule has 2 aliphatic rings. The van der Waals surface area contributed by atoms with Gasteiger partial charge < -0.3 is 10.4 Å². The van der Waals surface area contributed by atoms with Crippen molar-refractivity contribution >= 4 is 15.7 Å². The molecule has 0 aromatic heterocycles. The third-order valence-electron chi connectivity index (χ3n) is 8.43. The van der Waals surface area contributed by atoms with E-state index in [0.29, 0.717) is 36.4 Å². The lowest BCUT2D eigenvalue weighted by Gasteiger charge is -2.35. The molecule has 0 radical (unpaired) electrons. The highest BCUT2D eigenvalue weighted by Gasteiger charge is 2.42. The van der Waals surface area contributed by atoms with Gasteiger partial charge in [0.25, 0.3) is 5.91 Å². The molecule has 1 aliphatic heterocycles. The largest absolute Gasteiger partial charge is 0.394 e. The maximum absolute atomic E-state index is 13.2. The van der Waals surface area contributed by atoms with Gasteiger partial charge in [-0.3, -0.25) is 9.69 Å². The SMILES string of the molecule is CCS(=O)(=O)c1ccc([C@@H](CO)NC(=O)c2ccc3c(c2)CN(C[C@H]2CC[C@H](C(F)(F)F)CC2)C3C(C)C)cc1. The minimum Gasteiger partial charge on any atom is -0.394 e. The van der Waals surface area contributed by atoms with E-state index in [1.807, 2.05) is 12.1 Å². The molecule has 6 nitrogen and oxygen atoms in total. The predicted molar refractivity (Wildman–Crippen MR) is 147 cm³/mol. The molecule has 10 heteroatoms. The zero-order valence-electron chi connectivity index (χ0n) is 23.2. The zero-order chi connectivity index (χ0) is 29.2. The summed E-state index contributed by atoms with van der Waals surface area (Å²) >= 11 is 0. The van der Waals surface area contributed by atoms with Crippen molar-refractivity contribution in [3.05, 3.63) is 64.7 Å². The number of amides is 1. The molecule has 2 N–H and O–H groups in total. The summed E-state index contributed by atoms with van der Waals surface area (Å²) < 4.78 is 63.5. The predicted octanol–water partition coefficient (Wildman–Crippen LogP) is 5.83. The van der Waals surface area contributed by atoms with Crippen LogP contribution >= 0.6 is 0 Å². The molecule has 40 heavy (non-hydrogen) atoms. The second-order valence-corrected chi connectivity index (χ2v) is 13.8. The minimum atomic E-state index is -4.11. The molecule has 2 aromatic rings. The number of carbonyl (C=O) groups is 1. The van der Waals surface area contributed by atoms with Gasteiger partial charge in [0.15, 0.2) is 9.84 Å². The fourth-order valence-corrected chi connectivity index (χ4v) is 7.08. The van der Waals surface area contributed by atoms with E-state index in [0.717, 1.165) is 17.7 Å². The maximum atomic E-state index is 13.2. The van der Waals surface area contributed by atoms with Crippen LogP contribution < -0.4 is 5.32 Å². The van der Waals surface area contributed by atoms with Crippen LogP contribution in [0.3, 0.4) is 0 Å². The van der Waals surface area contributed by atoms with Crippen LogP contribution in [0.1, 0.15) is 85.6 Å². The molecule has 1 saturated carbocycles. The summed E-state index contributed by atoms with van der Waals surface area (Å²) in [7, 11) is -3.35. The van der Waals surface area contributed by atoms with Crippen LogP contribution in [0.4, 0.5) is 13.2 Å². The number of fused-ring (bicyclic) bond motifs is 1. The topological polar surface area (TPSA) is 86.7 Å². The number of aliphatic hydroxyl groups is 1. The van der Waals surface area contributed by atoms with Crippen LogP contribution in [0.2, 0.25) is 0 Å². The van der Waals surface area contributed by atoms with Gasteiger partial charge in [0, 0.05) is 24.7 Å². The first-order chi connectivity index (χ1) is 18.8. The molecule has 0 bridgehead atoms. The Labute approximate surface area is 234 Å². The average Bonchev–Trinajstić information content (AvgIpc) is 3.28. The molecular weight excluding hydrogens is 541 g/mol. The fourth-order valence-electron chi connectivity index (χ4n) is 6.20. The van der Waals surface area contributed by atoms with Gasteiger partial charge in [0.05, 0.1) is 29.2 Å². The van der Waals surface area contributed by atoms with Gasteiger partial charge in [-0.15, -0.1) is 0 Å². The Kier molecular flexibility index (Phi) is 9.31. The zero-order valence-corrected chi connectivity index (χ0v) is 24.1. The summed E-state index contributed by atoms with van der Waals surface area (Å²) in [5.41, 5.74) is 3.22. The van der Waals surface area contributed by atoms with Gasteiger partial charge in [0.2, 0.25) is 0 Å². The molecule has 1 aliphatic carbocycles. The number of benzene rings is 2. The maximum Gasteiger partial charge on any atom is 0.391 e. The van der Waals surface area contributed by atoms with E-state index in [1.54, 1.807) is 25.1 Å². The van der Waals surface area contributed by atoms with Crippen molar-refractivity contribution in [2.24, 2.45) is 17.8 Å². The number of alkyl halides is 3. The second kappa shape index (κ2) is 12.2. The summed E-state index contributed by atoms with van der Waals surface area (Å²) in [6.45, 7) is 6.86. The molecular formula is C30H39F3N2O4S. The first kappa shape index (κ1) is 30.5. The smallest absolute Gasteiger partial charge is 0.391 e. The van der Waals surface area contributed by atoms with Gasteiger partial charge in [-0.2, -0.15) is 13.2 Å². The lowest BCUT2D eigenvalue weighted by atomic mass is 9.81. The number of sulfone groups is 1. The van der Waals surface area contributed by atoms with Crippen LogP contribution in [0.25, 0.3) is 0 Å². The summed E-state index contributed by atoms with van der Waals surface area (Å²) in [5, 5.41) is 12.8. The molecule has 1 unspecified atom stereocenters. The highest BCUT2D eigenvalue weighted by atomic mass is 32.2. The molecule has 2 aromatic carbocycles. The van der Waals surface area contributed by atoms with Crippen molar-refractivity contribution in [2.75, 3.05) is 18.9 Å². The van der Waals surface area contributed by atoms with E-state index in [-0.39, 0.29) is 48.0 Å². The number of carbonyl (C=O) groups excluding carboxylic acids is 1. The number of hydrogen-bond acceptors (Lipinski definition) is 5. The van der Waals surface area contributed by atoms with Crippen molar-refractivity contribution in [3.63, 3.8) is 0 Å². The Morgan fingerprint density at radius 2 is 1.73 bits per heavy atom. The third-order valence-corrected chi connectivity index (χ3v) is 10.2. The molecule has 1 fully saturated rings. The van der Waals surface area contributed by atoms with E-state index in [1.165, 1.54) is 12.1 Å². The average molecular weight is 581 g/mol. The number of halogens is 3. The second-order valence-electron chi connectivity index (χ2n) is 11.5. The van der Waals surface area contributed by atoms with Crippen molar-refractivity contribution < 1.29 is 31.5 Å². The Bertz CT molecular complexity index is 1290. The first-order valence-corrected chi connectivity index (χ1v) is 15.7. The van der Waals surface area contributed by atoms with Crippen molar-refractivity contribution in [2.45, 2.75) is 76.2 Å². The fraction of sp³-hybridized carbons (Fsp3) is 0.567. The number of rotatable bonds is 9. The van der Waals surface area contributed by atoms with E-state index in [4.69, 9.17) is 0 Å². The molecule has 2 atom stereocenters. The number of nitrogens with zero attached hydrogens (tertiary/aromatic N) is 1. The van der Waals surface area contributed by atoms with Crippen molar-refractivity contribution in [1.82, 2.24) is 10.2 Å². The Balaban J connectivity index is 1.44.